The van der Waals surface area contributed by atoms with Gasteiger partial charge in [-0.25, -0.2) is 4.79 Å². The molecule has 3 rings (SSSR count). The minimum Gasteiger partial charge on any atom is -0.480 e. The summed E-state index contributed by atoms with van der Waals surface area (Å²) in [6.07, 6.45) is 0.481. The molecule has 0 bridgehead atoms. The monoisotopic (exact) mass is 489 g/mol. The summed E-state index contributed by atoms with van der Waals surface area (Å²) >= 11 is 4.32. The van der Waals surface area contributed by atoms with Crippen LogP contribution in [0.3, 0.4) is 0 Å². The van der Waals surface area contributed by atoms with Crippen molar-refractivity contribution in [1.29, 1.82) is 0 Å². The molecule has 3 unspecified atom stereocenters. The Labute approximate surface area is 190 Å². The van der Waals surface area contributed by atoms with Crippen molar-refractivity contribution in [2.45, 2.75) is 54.0 Å². The van der Waals surface area contributed by atoms with E-state index in [0.29, 0.717) is 11.5 Å². The largest absolute Gasteiger partial charge is 0.480 e. The number of carbonyl (C=O) groups is 4. The maximum absolute atomic E-state index is 12.7. The lowest BCUT2D eigenvalue weighted by Crippen LogP contribution is -2.76. The number of thioether (sulfide) groups is 2. The zero-order chi connectivity index (χ0) is 22.7. The molecular formula is C17H23N5O6S3. The lowest BCUT2D eigenvalue weighted by molar-refractivity contribution is -0.164. The summed E-state index contributed by atoms with van der Waals surface area (Å²) in [5, 5.41) is 29.5. The van der Waals surface area contributed by atoms with E-state index in [-0.39, 0.29) is 31.1 Å². The summed E-state index contributed by atoms with van der Waals surface area (Å²) in [6, 6.07) is -2.76. The SMILES string of the molecule is Cc1nnc(SCC2CSC3[C@H](NC(=O)CCC[C@@H](N)C(=O)O)C(=O)N3C2C(=O)O)s1. The van der Waals surface area contributed by atoms with Crippen molar-refractivity contribution in [3.8, 4) is 0 Å². The van der Waals surface area contributed by atoms with Crippen molar-refractivity contribution in [2.24, 2.45) is 11.7 Å². The summed E-state index contributed by atoms with van der Waals surface area (Å²) in [5.41, 5.74) is 5.41. The smallest absolute Gasteiger partial charge is 0.326 e. The first kappa shape index (κ1) is 23.8. The van der Waals surface area contributed by atoms with Crippen LogP contribution in [0.4, 0.5) is 0 Å². The van der Waals surface area contributed by atoms with Crippen LogP contribution in [-0.2, 0) is 19.2 Å². The lowest BCUT2D eigenvalue weighted by atomic mass is 9.94. The number of amides is 2. The van der Waals surface area contributed by atoms with Gasteiger partial charge in [0.15, 0.2) is 4.34 Å². The van der Waals surface area contributed by atoms with Gasteiger partial charge in [0, 0.05) is 23.8 Å². The highest BCUT2D eigenvalue weighted by molar-refractivity contribution is 8.01. The molecule has 0 aromatic carbocycles. The van der Waals surface area contributed by atoms with E-state index in [2.05, 4.69) is 15.5 Å². The Hall–Kier alpha value is -1.90. The molecule has 1 aromatic rings. The predicted molar refractivity (Wildman–Crippen MR) is 115 cm³/mol. The molecule has 0 aliphatic carbocycles. The van der Waals surface area contributed by atoms with Crippen LogP contribution in [0.15, 0.2) is 4.34 Å². The molecule has 1 aromatic heterocycles. The molecule has 5 N–H and O–H groups in total. The van der Waals surface area contributed by atoms with E-state index in [4.69, 9.17) is 10.8 Å². The number of aliphatic carboxylic acids is 2. The second-order valence-corrected chi connectivity index (χ2v) is 10.9. The van der Waals surface area contributed by atoms with Crippen LogP contribution in [0, 0.1) is 12.8 Å². The molecule has 0 radical (unpaired) electrons. The Morgan fingerprint density at radius 1 is 1.35 bits per heavy atom. The van der Waals surface area contributed by atoms with Gasteiger partial charge in [0.2, 0.25) is 11.8 Å². The lowest BCUT2D eigenvalue weighted by Gasteiger charge is -2.54. The number of carboxylic acid groups (broad SMARTS) is 2. The molecule has 3 heterocycles. The maximum Gasteiger partial charge on any atom is 0.326 e. The fourth-order valence-electron chi connectivity index (χ4n) is 3.46. The highest BCUT2D eigenvalue weighted by Gasteiger charge is 2.57. The standard InChI is InChI=1S/C17H23N5O6S3/c1-7-20-21-17(31-7)30-6-8-5-29-14-11(13(24)22(14)12(8)16(27)28)19-10(23)4-2-3-9(18)15(25)26/h8-9,11-12,14H,2-6,18H2,1H3,(H,19,23)(H,25,26)(H,27,28)/t8?,9-,11-,12?,14?/m1/s1. The first-order chi connectivity index (χ1) is 14.7. The molecule has 31 heavy (non-hydrogen) atoms. The number of aromatic nitrogens is 2. The number of carbonyl (C=O) groups excluding carboxylic acids is 2. The molecule has 0 spiro atoms. The highest BCUT2D eigenvalue weighted by Crippen LogP contribution is 2.42. The minimum atomic E-state index is -1.13. The highest BCUT2D eigenvalue weighted by atomic mass is 32.2. The third-order valence-electron chi connectivity index (χ3n) is 5.04. The number of rotatable bonds is 10. The zero-order valence-electron chi connectivity index (χ0n) is 16.6. The van der Waals surface area contributed by atoms with Crippen molar-refractivity contribution in [3.05, 3.63) is 5.01 Å². The number of carboxylic acids is 2. The maximum atomic E-state index is 12.7. The van der Waals surface area contributed by atoms with Gasteiger partial charge in [0.25, 0.3) is 0 Å². The average molecular weight is 490 g/mol. The van der Waals surface area contributed by atoms with Crippen LogP contribution >= 0.6 is 34.9 Å². The normalized spacial score (nSPS) is 26.0. The van der Waals surface area contributed by atoms with Crippen molar-refractivity contribution in [1.82, 2.24) is 20.4 Å². The number of fused-ring (bicyclic) bond motifs is 1. The van der Waals surface area contributed by atoms with Crippen LogP contribution in [0.2, 0.25) is 0 Å². The molecule has 2 fully saturated rings. The summed E-state index contributed by atoms with van der Waals surface area (Å²) in [4.78, 5) is 48.8. The quantitative estimate of drug-likeness (QED) is 0.257. The molecule has 170 valence electrons. The summed E-state index contributed by atoms with van der Waals surface area (Å²) < 4.78 is 0.761. The number of nitrogens with one attached hydrogen (secondary N) is 1. The third kappa shape index (κ3) is 5.48. The Kier molecular flexibility index (Phi) is 7.78. The summed E-state index contributed by atoms with van der Waals surface area (Å²) in [5.74, 6) is -2.21. The van der Waals surface area contributed by atoms with Crippen molar-refractivity contribution in [3.63, 3.8) is 0 Å². The molecule has 14 heteroatoms. The van der Waals surface area contributed by atoms with Gasteiger partial charge in [-0.1, -0.05) is 23.1 Å². The molecule has 2 aliphatic rings. The molecule has 2 amide bonds. The molecule has 5 atom stereocenters. The Bertz CT molecular complexity index is 867. The van der Waals surface area contributed by atoms with E-state index in [0.717, 1.165) is 9.35 Å². The van der Waals surface area contributed by atoms with Crippen LogP contribution in [-0.4, -0.2) is 84.1 Å². The van der Waals surface area contributed by atoms with Crippen molar-refractivity contribution < 1.29 is 29.4 Å². The molecule has 2 aliphatic heterocycles. The first-order valence-electron chi connectivity index (χ1n) is 9.56. The second kappa shape index (κ2) is 10.1. The first-order valence-corrected chi connectivity index (χ1v) is 12.4. The van der Waals surface area contributed by atoms with E-state index in [9.17, 15) is 24.3 Å². The molecule has 0 saturated carbocycles. The summed E-state index contributed by atoms with van der Waals surface area (Å²) in [6.45, 7) is 1.84. The number of hydrogen-bond donors (Lipinski definition) is 4. The summed E-state index contributed by atoms with van der Waals surface area (Å²) in [7, 11) is 0. The second-order valence-electron chi connectivity index (χ2n) is 7.29. The average Bonchev–Trinajstić information content (AvgIpc) is 3.14. The Balaban J connectivity index is 1.53. The predicted octanol–water partition coefficient (Wildman–Crippen LogP) is -0.00988. The molecule has 2 saturated heterocycles. The van der Waals surface area contributed by atoms with Crippen LogP contribution in [0.1, 0.15) is 24.3 Å². The van der Waals surface area contributed by atoms with Gasteiger partial charge in [0.05, 0.1) is 0 Å². The van der Waals surface area contributed by atoms with Gasteiger partial charge in [-0.3, -0.25) is 14.4 Å². The van der Waals surface area contributed by atoms with E-state index in [1.807, 2.05) is 6.92 Å². The van der Waals surface area contributed by atoms with Gasteiger partial charge in [-0.15, -0.1) is 22.0 Å². The Morgan fingerprint density at radius 2 is 2.10 bits per heavy atom. The van der Waals surface area contributed by atoms with E-state index in [1.165, 1.54) is 39.8 Å². The number of nitrogens with two attached hydrogens (primary N) is 1. The zero-order valence-corrected chi connectivity index (χ0v) is 19.0. The number of hydrogen-bond acceptors (Lipinski definition) is 10. The van der Waals surface area contributed by atoms with Crippen LogP contribution in [0.5, 0.6) is 0 Å². The number of β-lactam (4-membered cyclic amide) rings is 1. The van der Waals surface area contributed by atoms with Gasteiger partial charge >= 0.3 is 11.9 Å². The van der Waals surface area contributed by atoms with Gasteiger partial charge in [-0.05, 0) is 19.8 Å². The van der Waals surface area contributed by atoms with Gasteiger partial charge in [-0.2, -0.15) is 0 Å². The minimum absolute atomic E-state index is 0.0467. The van der Waals surface area contributed by atoms with E-state index in [1.54, 1.807) is 0 Å². The van der Waals surface area contributed by atoms with Gasteiger partial charge < -0.3 is 26.2 Å². The van der Waals surface area contributed by atoms with Crippen molar-refractivity contribution >= 4 is 58.6 Å². The number of nitrogens with zero attached hydrogens (tertiary/aromatic N) is 3. The fraction of sp³-hybridized carbons (Fsp3) is 0.647. The Morgan fingerprint density at radius 3 is 2.71 bits per heavy atom. The van der Waals surface area contributed by atoms with Gasteiger partial charge in [0.1, 0.15) is 28.5 Å². The van der Waals surface area contributed by atoms with E-state index >= 15 is 0 Å². The van der Waals surface area contributed by atoms with Crippen LogP contribution in [0.25, 0.3) is 0 Å². The molecule has 11 nitrogen and oxygen atoms in total. The van der Waals surface area contributed by atoms with Crippen molar-refractivity contribution in [2.75, 3.05) is 11.5 Å². The van der Waals surface area contributed by atoms with E-state index < -0.39 is 41.3 Å². The topological polar surface area (TPSA) is 176 Å². The fourth-order valence-corrected chi connectivity index (χ4v) is 7.10. The third-order valence-corrected chi connectivity index (χ3v) is 8.66. The molecular weight excluding hydrogens is 466 g/mol. The van der Waals surface area contributed by atoms with Crippen LogP contribution < -0.4 is 11.1 Å². The number of aryl methyl sites for hydroxylation is 1.